The minimum absolute atomic E-state index is 0.0238. The minimum Gasteiger partial charge on any atom is -0.324 e. The molecule has 2 rings (SSSR count). The van der Waals surface area contributed by atoms with E-state index in [2.05, 4.69) is 11.6 Å². The number of amides is 2. The maximum absolute atomic E-state index is 12.0. The molecule has 1 N–H and O–H groups in total. The second-order valence-electron chi connectivity index (χ2n) is 4.22. The number of thioether (sulfide) groups is 1. The molecule has 0 aliphatic carbocycles. The zero-order chi connectivity index (χ0) is 12.1. The fraction of sp³-hybridized carbons (Fsp3) is 0.462. The van der Waals surface area contributed by atoms with Crippen LogP contribution in [0.4, 0.5) is 10.5 Å². The number of hydrogen-bond donors (Lipinski definition) is 1. The SMILES string of the molecule is CSC1CCN(C(=O)Nc2ccccc2)CC1. The molecule has 1 fully saturated rings. The summed E-state index contributed by atoms with van der Waals surface area (Å²) in [6, 6.07) is 9.64. The van der Waals surface area contributed by atoms with Gasteiger partial charge in [0.25, 0.3) is 0 Å². The number of carbonyl (C=O) groups is 1. The van der Waals surface area contributed by atoms with E-state index in [4.69, 9.17) is 0 Å². The Labute approximate surface area is 107 Å². The van der Waals surface area contributed by atoms with Crippen molar-refractivity contribution in [3.63, 3.8) is 0 Å². The van der Waals surface area contributed by atoms with Crippen LogP contribution >= 0.6 is 11.8 Å². The van der Waals surface area contributed by atoms with Crippen molar-refractivity contribution >= 4 is 23.5 Å². The van der Waals surface area contributed by atoms with Crippen LogP contribution in [0.25, 0.3) is 0 Å². The zero-order valence-electron chi connectivity index (χ0n) is 10.1. The van der Waals surface area contributed by atoms with Gasteiger partial charge in [-0.15, -0.1) is 0 Å². The lowest BCUT2D eigenvalue weighted by molar-refractivity contribution is 0.201. The number of benzene rings is 1. The first-order valence-electron chi connectivity index (χ1n) is 5.93. The van der Waals surface area contributed by atoms with Gasteiger partial charge in [-0.2, -0.15) is 11.8 Å². The fourth-order valence-electron chi connectivity index (χ4n) is 2.02. The van der Waals surface area contributed by atoms with Gasteiger partial charge in [0.2, 0.25) is 0 Å². The summed E-state index contributed by atoms with van der Waals surface area (Å²) < 4.78 is 0. The first kappa shape index (κ1) is 12.3. The van der Waals surface area contributed by atoms with E-state index in [9.17, 15) is 4.79 Å². The van der Waals surface area contributed by atoms with E-state index in [1.807, 2.05) is 47.0 Å². The molecule has 0 unspecified atom stereocenters. The van der Waals surface area contributed by atoms with Crippen molar-refractivity contribution in [3.8, 4) is 0 Å². The Morgan fingerprint density at radius 1 is 1.29 bits per heavy atom. The lowest BCUT2D eigenvalue weighted by Crippen LogP contribution is -2.41. The molecule has 1 aliphatic heterocycles. The molecule has 3 nitrogen and oxygen atoms in total. The first-order valence-corrected chi connectivity index (χ1v) is 7.22. The Morgan fingerprint density at radius 3 is 2.53 bits per heavy atom. The van der Waals surface area contributed by atoms with Gasteiger partial charge in [0.1, 0.15) is 0 Å². The number of nitrogens with one attached hydrogen (secondary N) is 1. The van der Waals surface area contributed by atoms with Crippen LogP contribution in [0, 0.1) is 0 Å². The fourth-order valence-corrected chi connectivity index (χ4v) is 2.70. The van der Waals surface area contributed by atoms with Crippen molar-refractivity contribution in [1.29, 1.82) is 0 Å². The molecule has 0 saturated carbocycles. The van der Waals surface area contributed by atoms with Crippen LogP contribution in [0.5, 0.6) is 0 Å². The number of likely N-dealkylation sites (tertiary alicyclic amines) is 1. The van der Waals surface area contributed by atoms with Crippen molar-refractivity contribution in [2.24, 2.45) is 0 Å². The molecule has 0 spiro atoms. The predicted molar refractivity (Wildman–Crippen MR) is 73.6 cm³/mol. The van der Waals surface area contributed by atoms with E-state index in [-0.39, 0.29) is 6.03 Å². The number of piperidine rings is 1. The standard InChI is InChI=1S/C13H18N2OS/c1-17-12-7-9-15(10-8-12)13(16)14-11-5-3-2-4-6-11/h2-6,12H,7-10H2,1H3,(H,14,16). The van der Waals surface area contributed by atoms with E-state index in [1.165, 1.54) is 0 Å². The van der Waals surface area contributed by atoms with Crippen LogP contribution in [-0.4, -0.2) is 35.5 Å². The quantitative estimate of drug-likeness (QED) is 0.875. The number of anilines is 1. The van der Waals surface area contributed by atoms with Gasteiger partial charge in [-0.3, -0.25) is 0 Å². The third kappa shape index (κ3) is 3.40. The molecule has 1 aromatic carbocycles. The van der Waals surface area contributed by atoms with Gasteiger partial charge in [-0.1, -0.05) is 18.2 Å². The number of carbonyl (C=O) groups excluding carboxylic acids is 1. The van der Waals surface area contributed by atoms with Crippen LogP contribution in [0.15, 0.2) is 30.3 Å². The summed E-state index contributed by atoms with van der Waals surface area (Å²) >= 11 is 1.91. The van der Waals surface area contributed by atoms with Gasteiger partial charge >= 0.3 is 6.03 Å². The van der Waals surface area contributed by atoms with Crippen molar-refractivity contribution < 1.29 is 4.79 Å². The summed E-state index contributed by atoms with van der Waals surface area (Å²) in [5.74, 6) is 0. The number of rotatable bonds is 2. The molecule has 0 atom stereocenters. The second-order valence-corrected chi connectivity index (χ2v) is 5.36. The van der Waals surface area contributed by atoms with Gasteiger partial charge in [0.15, 0.2) is 0 Å². The summed E-state index contributed by atoms with van der Waals surface area (Å²) in [4.78, 5) is 13.9. The topological polar surface area (TPSA) is 32.3 Å². The number of urea groups is 1. The van der Waals surface area contributed by atoms with Gasteiger partial charge < -0.3 is 10.2 Å². The first-order chi connectivity index (χ1) is 8.29. The summed E-state index contributed by atoms with van der Waals surface area (Å²) in [7, 11) is 0. The van der Waals surface area contributed by atoms with E-state index in [0.717, 1.165) is 36.9 Å². The molecule has 0 radical (unpaired) electrons. The van der Waals surface area contributed by atoms with Gasteiger partial charge in [-0.05, 0) is 31.2 Å². The molecule has 4 heteroatoms. The van der Waals surface area contributed by atoms with Crippen LogP contribution in [-0.2, 0) is 0 Å². The molecule has 1 heterocycles. The molecule has 0 bridgehead atoms. The summed E-state index contributed by atoms with van der Waals surface area (Å²) in [6.45, 7) is 1.73. The Hall–Kier alpha value is -1.16. The van der Waals surface area contributed by atoms with Crippen LogP contribution in [0.1, 0.15) is 12.8 Å². The maximum atomic E-state index is 12.0. The Bertz CT molecular complexity index is 361. The third-order valence-corrected chi connectivity index (χ3v) is 4.23. The van der Waals surface area contributed by atoms with Crippen LogP contribution < -0.4 is 5.32 Å². The molecule has 1 aromatic rings. The average molecular weight is 250 g/mol. The highest BCUT2D eigenvalue weighted by atomic mass is 32.2. The van der Waals surface area contributed by atoms with Crippen molar-refractivity contribution in [1.82, 2.24) is 4.90 Å². The van der Waals surface area contributed by atoms with Crippen LogP contribution in [0.3, 0.4) is 0 Å². The van der Waals surface area contributed by atoms with Gasteiger partial charge in [0.05, 0.1) is 0 Å². The molecule has 92 valence electrons. The number of para-hydroxylation sites is 1. The van der Waals surface area contributed by atoms with Crippen molar-refractivity contribution in [2.75, 3.05) is 24.7 Å². The second kappa shape index (κ2) is 5.96. The lowest BCUT2D eigenvalue weighted by atomic mass is 10.1. The Balaban J connectivity index is 1.85. The van der Waals surface area contributed by atoms with E-state index in [0.29, 0.717) is 0 Å². The molecule has 1 aliphatic rings. The van der Waals surface area contributed by atoms with Gasteiger partial charge in [0, 0.05) is 24.0 Å². The predicted octanol–water partition coefficient (Wildman–Crippen LogP) is 3.05. The van der Waals surface area contributed by atoms with Crippen LogP contribution in [0.2, 0.25) is 0 Å². The molecular formula is C13H18N2OS. The van der Waals surface area contributed by atoms with Crippen molar-refractivity contribution in [2.45, 2.75) is 18.1 Å². The van der Waals surface area contributed by atoms with E-state index < -0.39 is 0 Å². The minimum atomic E-state index is 0.0238. The Morgan fingerprint density at radius 2 is 1.94 bits per heavy atom. The lowest BCUT2D eigenvalue weighted by Gasteiger charge is -2.31. The highest BCUT2D eigenvalue weighted by Gasteiger charge is 2.21. The van der Waals surface area contributed by atoms with E-state index >= 15 is 0 Å². The summed E-state index contributed by atoms with van der Waals surface area (Å²) in [6.07, 6.45) is 4.34. The zero-order valence-corrected chi connectivity index (χ0v) is 10.9. The smallest absolute Gasteiger partial charge is 0.321 e. The van der Waals surface area contributed by atoms with E-state index in [1.54, 1.807) is 0 Å². The monoisotopic (exact) mass is 250 g/mol. The van der Waals surface area contributed by atoms with Crippen molar-refractivity contribution in [3.05, 3.63) is 30.3 Å². The molecule has 2 amide bonds. The molecule has 17 heavy (non-hydrogen) atoms. The molecule has 1 saturated heterocycles. The van der Waals surface area contributed by atoms with Gasteiger partial charge in [-0.25, -0.2) is 4.79 Å². The number of nitrogens with zero attached hydrogens (tertiary/aromatic N) is 1. The highest BCUT2D eigenvalue weighted by Crippen LogP contribution is 2.21. The maximum Gasteiger partial charge on any atom is 0.321 e. The molecule has 0 aromatic heterocycles. The largest absolute Gasteiger partial charge is 0.324 e. The molecular weight excluding hydrogens is 232 g/mol. The highest BCUT2D eigenvalue weighted by molar-refractivity contribution is 7.99. The normalized spacial score (nSPS) is 16.9. The average Bonchev–Trinajstić information content (AvgIpc) is 2.40. The summed E-state index contributed by atoms with van der Waals surface area (Å²) in [5.41, 5.74) is 0.865. The Kier molecular flexibility index (Phi) is 4.31. The third-order valence-electron chi connectivity index (χ3n) is 3.09. The summed E-state index contributed by atoms with van der Waals surface area (Å²) in [5, 5.41) is 3.64. The number of hydrogen-bond acceptors (Lipinski definition) is 2.